The van der Waals surface area contributed by atoms with E-state index in [2.05, 4.69) is 10.2 Å². The molecule has 5 aliphatic rings. The second-order valence-electron chi connectivity index (χ2n) is 9.31. The Labute approximate surface area is 161 Å². The molecule has 3 heterocycles. The molecular weight excluding hydrogens is 368 g/mol. The number of hydrogen-bond acceptors (Lipinski definition) is 5. The van der Waals surface area contributed by atoms with Gasteiger partial charge in [0, 0.05) is 32.2 Å². The minimum absolute atomic E-state index is 0.0686. The summed E-state index contributed by atoms with van der Waals surface area (Å²) < 4.78 is 22.0. The summed E-state index contributed by atoms with van der Waals surface area (Å²) >= 11 is -2.29. The first-order chi connectivity index (χ1) is 12.9. The molecule has 1 spiro atoms. The molecule has 3 amide bonds. The third-order valence-corrected chi connectivity index (χ3v) is 7.56. The van der Waals surface area contributed by atoms with Gasteiger partial charge in [-0.15, -0.1) is 0 Å². The van der Waals surface area contributed by atoms with Gasteiger partial charge in [0.1, 0.15) is 6.04 Å². The molecule has 0 aromatic rings. The Balaban J connectivity index is 1.11. The van der Waals surface area contributed by atoms with Crippen molar-refractivity contribution < 1.29 is 18.4 Å². The number of rotatable bonds is 6. The number of hydrogen-bond donors (Lipinski definition) is 1. The van der Waals surface area contributed by atoms with Gasteiger partial charge >= 0.3 is 6.03 Å². The highest BCUT2D eigenvalue weighted by molar-refractivity contribution is 7.79. The smallest absolute Gasteiger partial charge is 0.321 e. The maximum absolute atomic E-state index is 12.7. The van der Waals surface area contributed by atoms with E-state index in [1.807, 2.05) is 0 Å². The molecule has 150 valence electrons. The van der Waals surface area contributed by atoms with E-state index in [9.17, 15) is 18.4 Å². The van der Waals surface area contributed by atoms with E-state index in [1.54, 1.807) is 4.90 Å². The zero-order valence-corrected chi connectivity index (χ0v) is 16.3. The van der Waals surface area contributed by atoms with Crippen molar-refractivity contribution in [1.82, 2.24) is 20.0 Å². The zero-order chi connectivity index (χ0) is 18.8. The van der Waals surface area contributed by atoms with Crippen LogP contribution < -0.4 is 5.32 Å². The molecule has 2 saturated carbocycles. The maximum atomic E-state index is 12.7. The van der Waals surface area contributed by atoms with Gasteiger partial charge in [0.25, 0.3) is 0 Å². The molecule has 2 bridgehead atoms. The summed E-state index contributed by atoms with van der Waals surface area (Å²) in [7, 11) is 0. The van der Waals surface area contributed by atoms with Crippen LogP contribution in [0.25, 0.3) is 0 Å². The van der Waals surface area contributed by atoms with Gasteiger partial charge in [-0.1, -0.05) is 0 Å². The van der Waals surface area contributed by atoms with Gasteiger partial charge in [-0.3, -0.25) is 9.00 Å². The average molecular weight is 396 g/mol. The van der Waals surface area contributed by atoms with Crippen molar-refractivity contribution in [2.45, 2.75) is 56.7 Å². The zero-order valence-electron chi connectivity index (χ0n) is 15.5. The number of urea groups is 1. The maximum Gasteiger partial charge on any atom is 0.321 e. The lowest BCUT2D eigenvalue weighted by Gasteiger charge is -2.59. The second kappa shape index (κ2) is 6.42. The Kier molecular flexibility index (Phi) is 4.25. The van der Waals surface area contributed by atoms with Gasteiger partial charge in [-0.05, 0) is 60.9 Å². The highest BCUT2D eigenvalue weighted by atomic mass is 32.2. The lowest BCUT2D eigenvalue weighted by atomic mass is 9.60. The highest BCUT2D eigenvalue weighted by Crippen LogP contribution is 2.49. The predicted molar refractivity (Wildman–Crippen MR) is 97.3 cm³/mol. The Morgan fingerprint density at radius 1 is 1.22 bits per heavy atom. The van der Waals surface area contributed by atoms with Crippen LogP contribution in [-0.2, 0) is 15.9 Å². The molecule has 5 rings (SSSR count). The van der Waals surface area contributed by atoms with E-state index >= 15 is 0 Å². The van der Waals surface area contributed by atoms with Crippen LogP contribution in [0.5, 0.6) is 0 Å². The molecule has 5 fully saturated rings. The minimum atomic E-state index is -2.29. The van der Waals surface area contributed by atoms with Crippen LogP contribution in [0.2, 0.25) is 0 Å². The van der Waals surface area contributed by atoms with Crippen LogP contribution in [0.15, 0.2) is 0 Å². The number of carbonyl (C=O) groups excluding carboxylic acids is 2. The van der Waals surface area contributed by atoms with E-state index in [-0.39, 0.29) is 29.9 Å². The molecular formula is C18H27N4O4S-. The Hall–Kier alpha value is -1.19. The van der Waals surface area contributed by atoms with Crippen molar-refractivity contribution in [3.8, 4) is 0 Å². The van der Waals surface area contributed by atoms with Crippen molar-refractivity contribution in [1.29, 1.82) is 0 Å². The number of amides is 3. The summed E-state index contributed by atoms with van der Waals surface area (Å²) in [6.07, 6.45) is 6.16. The number of piperidine rings is 1. The first kappa shape index (κ1) is 17.9. The third-order valence-electron chi connectivity index (χ3n) is 7.07. The molecule has 3 aliphatic heterocycles. The number of carbonyl (C=O) groups is 2. The minimum Gasteiger partial charge on any atom is -0.771 e. The number of likely N-dealkylation sites (tertiary alicyclic amines) is 1. The number of fused-ring (bicyclic) bond motifs is 2. The van der Waals surface area contributed by atoms with Gasteiger partial charge in [0.15, 0.2) is 0 Å². The molecule has 1 unspecified atom stereocenters. The van der Waals surface area contributed by atoms with Crippen molar-refractivity contribution in [3.63, 3.8) is 0 Å². The monoisotopic (exact) mass is 395 g/mol. The summed E-state index contributed by atoms with van der Waals surface area (Å²) in [5.74, 6) is 0.585. The quantitative estimate of drug-likeness (QED) is 0.643. The molecule has 0 aromatic carbocycles. The van der Waals surface area contributed by atoms with Crippen LogP contribution in [0.1, 0.15) is 38.5 Å². The fourth-order valence-electron chi connectivity index (χ4n) is 5.63. The molecule has 8 nitrogen and oxygen atoms in total. The number of nitrogens with one attached hydrogen (secondary N) is 1. The average Bonchev–Trinajstić information content (AvgIpc) is 3.35. The van der Waals surface area contributed by atoms with Crippen molar-refractivity contribution in [2.24, 2.45) is 11.3 Å². The van der Waals surface area contributed by atoms with Crippen LogP contribution >= 0.6 is 0 Å². The van der Waals surface area contributed by atoms with Gasteiger partial charge in [-0.2, -0.15) is 0 Å². The molecule has 2 aliphatic carbocycles. The molecule has 3 atom stereocenters. The van der Waals surface area contributed by atoms with Crippen molar-refractivity contribution >= 4 is 23.0 Å². The van der Waals surface area contributed by atoms with E-state index in [0.717, 1.165) is 18.8 Å². The standard InChI is InChI=1S/C18H28N4O4S/c23-16(15-4-3-14-8-21(15)17(24)22(14)11-27(25)26)19-13-5-18(6-13)9-20(10-18)7-12-1-2-12/h12-15H,1-11H2,(H,19,23)(H,25,26)/p-1/t14-,15+/m1/s1. The second-order valence-corrected chi connectivity index (χ2v) is 10.2. The van der Waals surface area contributed by atoms with Crippen molar-refractivity contribution in [2.75, 3.05) is 32.1 Å². The summed E-state index contributed by atoms with van der Waals surface area (Å²) in [5, 5.41) is 3.14. The van der Waals surface area contributed by atoms with Crippen LogP contribution in [-0.4, -0.2) is 85.6 Å². The van der Waals surface area contributed by atoms with Gasteiger partial charge < -0.3 is 24.6 Å². The fraction of sp³-hybridized carbons (Fsp3) is 0.889. The van der Waals surface area contributed by atoms with Gasteiger partial charge in [-0.25, -0.2) is 4.79 Å². The SMILES string of the molecule is O=C(NC1CC2(C1)CN(CC1CC1)C2)[C@@H]1CC[C@@H]2CN1C(=O)N2CS(=O)[O-]. The van der Waals surface area contributed by atoms with Gasteiger partial charge in [0.2, 0.25) is 5.91 Å². The predicted octanol–water partition coefficient (Wildman–Crippen LogP) is 0.0822. The largest absolute Gasteiger partial charge is 0.771 e. The molecule has 1 N–H and O–H groups in total. The summed E-state index contributed by atoms with van der Waals surface area (Å²) in [5.41, 5.74) is 0.420. The molecule has 0 aromatic heterocycles. The third kappa shape index (κ3) is 3.27. The molecule has 9 heteroatoms. The van der Waals surface area contributed by atoms with Crippen LogP contribution in [0.3, 0.4) is 0 Å². The van der Waals surface area contributed by atoms with E-state index in [1.165, 1.54) is 37.4 Å². The summed E-state index contributed by atoms with van der Waals surface area (Å²) in [6.45, 7) is 4.06. The topological polar surface area (TPSA) is 96.0 Å². The highest BCUT2D eigenvalue weighted by Gasteiger charge is 2.54. The van der Waals surface area contributed by atoms with E-state index < -0.39 is 17.1 Å². The van der Waals surface area contributed by atoms with Crippen molar-refractivity contribution in [3.05, 3.63) is 0 Å². The normalized spacial score (nSPS) is 33.7. The lowest BCUT2D eigenvalue weighted by molar-refractivity contribution is -0.132. The van der Waals surface area contributed by atoms with Crippen LogP contribution in [0.4, 0.5) is 4.79 Å². The Morgan fingerprint density at radius 3 is 2.63 bits per heavy atom. The van der Waals surface area contributed by atoms with Gasteiger partial charge in [0.05, 0.1) is 11.9 Å². The van der Waals surface area contributed by atoms with Crippen LogP contribution in [0, 0.1) is 11.3 Å². The Bertz CT molecular complexity index is 670. The molecule has 0 radical (unpaired) electrons. The molecule has 3 saturated heterocycles. The summed E-state index contributed by atoms with van der Waals surface area (Å²) in [4.78, 5) is 30.7. The molecule has 27 heavy (non-hydrogen) atoms. The Morgan fingerprint density at radius 2 is 1.96 bits per heavy atom. The number of nitrogens with zero attached hydrogens (tertiary/aromatic N) is 3. The lowest BCUT2D eigenvalue weighted by Crippen LogP contribution is -2.67. The van der Waals surface area contributed by atoms with E-state index in [4.69, 9.17) is 0 Å². The first-order valence-electron chi connectivity index (χ1n) is 10.1. The first-order valence-corrected chi connectivity index (χ1v) is 11.3. The fourth-order valence-corrected chi connectivity index (χ4v) is 6.17. The summed E-state index contributed by atoms with van der Waals surface area (Å²) in [6, 6.07) is -0.634. The van der Waals surface area contributed by atoms with E-state index in [0.29, 0.717) is 24.8 Å².